The van der Waals surface area contributed by atoms with Crippen LogP contribution in [-0.4, -0.2) is 54.7 Å². The first-order chi connectivity index (χ1) is 11.6. The summed E-state index contributed by atoms with van der Waals surface area (Å²) in [6.45, 7) is 0.378. The van der Waals surface area contributed by atoms with Crippen molar-refractivity contribution in [2.24, 2.45) is 0 Å². The molecule has 0 bridgehead atoms. The molecule has 1 aliphatic heterocycles. The lowest BCUT2D eigenvalue weighted by Gasteiger charge is -2.36. The first-order valence-corrected chi connectivity index (χ1v) is 8.27. The first-order valence-electron chi connectivity index (χ1n) is 8.27. The van der Waals surface area contributed by atoms with E-state index < -0.39 is 19.0 Å². The van der Waals surface area contributed by atoms with Crippen molar-refractivity contribution in [3.8, 4) is 5.75 Å². The summed E-state index contributed by atoms with van der Waals surface area (Å²) in [6, 6.07) is 4.39. The quantitative estimate of drug-likeness (QED) is 0.878. The van der Waals surface area contributed by atoms with Gasteiger partial charge in [-0.05, 0) is 36.5 Å². The summed E-state index contributed by atoms with van der Waals surface area (Å²) >= 11 is 0. The third kappa shape index (κ3) is 3.67. The second-order valence-corrected chi connectivity index (χ2v) is 6.28. The summed E-state index contributed by atoms with van der Waals surface area (Å²) in [4.78, 5) is 14.1. The number of carbonyl (C=O) groups excluding carboxylic acids is 1. The van der Waals surface area contributed by atoms with Gasteiger partial charge in [-0.3, -0.25) is 9.69 Å². The Morgan fingerprint density at radius 2 is 2.29 bits per heavy atom. The van der Waals surface area contributed by atoms with Gasteiger partial charge in [0.05, 0.1) is 25.8 Å². The van der Waals surface area contributed by atoms with Crippen LogP contribution in [0.15, 0.2) is 18.2 Å². The minimum atomic E-state index is -2.48. The van der Waals surface area contributed by atoms with E-state index in [-0.39, 0.29) is 24.3 Å². The molecule has 0 radical (unpaired) electrons. The first kappa shape index (κ1) is 17.1. The number of carbonyl (C=O) groups is 1. The molecule has 7 heteroatoms. The molecule has 1 amide bonds. The van der Waals surface area contributed by atoms with E-state index in [1.54, 1.807) is 12.1 Å². The van der Waals surface area contributed by atoms with E-state index in [1.807, 2.05) is 6.07 Å². The smallest absolute Gasteiger partial charge is 0.251 e. The molecule has 0 aromatic heterocycles. The zero-order valence-electron chi connectivity index (χ0n) is 13.4. The van der Waals surface area contributed by atoms with Crippen molar-refractivity contribution in [1.29, 1.82) is 0 Å². The standard InChI is InChI=1S/C17H22F2N2O3/c18-16(19)9-21-7-8-24-10-14(21)17(23)20-13-5-1-4-12-11(13)3-2-6-15(12)22/h2-3,6,13-14,16,22H,1,4-5,7-10H2,(H,20,23). The number of halogens is 2. The number of rotatable bonds is 4. The predicted octanol–water partition coefficient (Wildman–Crippen LogP) is 1.85. The summed E-state index contributed by atoms with van der Waals surface area (Å²) in [7, 11) is 0. The van der Waals surface area contributed by atoms with Crippen molar-refractivity contribution in [3.05, 3.63) is 29.3 Å². The van der Waals surface area contributed by atoms with Gasteiger partial charge in [-0.1, -0.05) is 12.1 Å². The molecule has 5 nitrogen and oxygen atoms in total. The minimum Gasteiger partial charge on any atom is -0.508 e. The molecule has 1 saturated heterocycles. The van der Waals surface area contributed by atoms with Crippen LogP contribution in [0, 0.1) is 0 Å². The number of hydrogen-bond acceptors (Lipinski definition) is 4. The number of phenolic OH excluding ortho intramolecular Hbond substituents is 1. The lowest BCUT2D eigenvalue weighted by molar-refractivity contribution is -0.134. The van der Waals surface area contributed by atoms with Gasteiger partial charge in [0, 0.05) is 6.54 Å². The Hall–Kier alpha value is -1.73. The third-order valence-corrected chi connectivity index (χ3v) is 4.71. The van der Waals surface area contributed by atoms with Crippen molar-refractivity contribution >= 4 is 5.91 Å². The molecule has 1 aromatic rings. The molecule has 0 spiro atoms. The van der Waals surface area contributed by atoms with Gasteiger partial charge in [0.1, 0.15) is 11.8 Å². The zero-order chi connectivity index (χ0) is 17.1. The van der Waals surface area contributed by atoms with Crippen molar-refractivity contribution in [3.63, 3.8) is 0 Å². The van der Waals surface area contributed by atoms with E-state index in [9.17, 15) is 18.7 Å². The Bertz CT molecular complexity index is 597. The maximum atomic E-state index is 12.7. The molecule has 3 rings (SSSR count). The van der Waals surface area contributed by atoms with E-state index in [0.717, 1.165) is 30.4 Å². The molecule has 2 aliphatic rings. The maximum Gasteiger partial charge on any atom is 0.251 e. The van der Waals surface area contributed by atoms with E-state index in [2.05, 4.69) is 5.32 Å². The van der Waals surface area contributed by atoms with E-state index >= 15 is 0 Å². The molecule has 1 fully saturated rings. The van der Waals surface area contributed by atoms with Crippen LogP contribution in [-0.2, 0) is 16.0 Å². The van der Waals surface area contributed by atoms with E-state index in [0.29, 0.717) is 13.2 Å². The number of benzene rings is 1. The summed E-state index contributed by atoms with van der Waals surface area (Å²) in [6.07, 6.45) is -0.0775. The second-order valence-electron chi connectivity index (χ2n) is 6.28. The monoisotopic (exact) mass is 340 g/mol. The van der Waals surface area contributed by atoms with Gasteiger partial charge in [-0.15, -0.1) is 0 Å². The van der Waals surface area contributed by atoms with Crippen LogP contribution in [0.3, 0.4) is 0 Å². The number of morpholine rings is 1. The number of phenols is 1. The van der Waals surface area contributed by atoms with Crippen LogP contribution >= 0.6 is 0 Å². The third-order valence-electron chi connectivity index (χ3n) is 4.71. The molecule has 2 atom stereocenters. The number of ether oxygens (including phenoxy) is 1. The largest absolute Gasteiger partial charge is 0.508 e. The van der Waals surface area contributed by atoms with Gasteiger partial charge in [0.2, 0.25) is 5.91 Å². The Labute approximate surface area is 139 Å². The molecule has 24 heavy (non-hydrogen) atoms. The lowest BCUT2D eigenvalue weighted by Crippen LogP contribution is -2.55. The normalized spacial score (nSPS) is 24.6. The fourth-order valence-corrected chi connectivity index (χ4v) is 3.52. The van der Waals surface area contributed by atoms with Gasteiger partial charge in [0.25, 0.3) is 6.43 Å². The highest BCUT2D eigenvalue weighted by Crippen LogP contribution is 2.34. The number of fused-ring (bicyclic) bond motifs is 1. The van der Waals surface area contributed by atoms with Crippen LogP contribution in [0.25, 0.3) is 0 Å². The molecule has 1 aromatic carbocycles. The molecular formula is C17H22F2N2O3. The van der Waals surface area contributed by atoms with Gasteiger partial charge < -0.3 is 15.2 Å². The van der Waals surface area contributed by atoms with Crippen molar-refractivity contribution in [1.82, 2.24) is 10.2 Å². The molecule has 1 aliphatic carbocycles. The number of aromatic hydroxyl groups is 1. The summed E-state index contributed by atoms with van der Waals surface area (Å²) in [5, 5.41) is 12.9. The van der Waals surface area contributed by atoms with Crippen LogP contribution in [0.1, 0.15) is 30.0 Å². The fraction of sp³-hybridized carbons (Fsp3) is 0.588. The number of hydrogen-bond donors (Lipinski definition) is 2. The Morgan fingerprint density at radius 1 is 1.46 bits per heavy atom. The van der Waals surface area contributed by atoms with E-state index in [4.69, 9.17) is 4.74 Å². The molecule has 1 heterocycles. The second kappa shape index (κ2) is 7.44. The number of nitrogens with one attached hydrogen (secondary N) is 1. The van der Waals surface area contributed by atoms with Gasteiger partial charge >= 0.3 is 0 Å². The number of alkyl halides is 2. The van der Waals surface area contributed by atoms with Crippen LogP contribution in [0.5, 0.6) is 5.75 Å². The molecular weight excluding hydrogens is 318 g/mol. The topological polar surface area (TPSA) is 61.8 Å². The van der Waals surface area contributed by atoms with Gasteiger partial charge in [0.15, 0.2) is 0 Å². The van der Waals surface area contributed by atoms with Crippen LogP contribution in [0.4, 0.5) is 8.78 Å². The van der Waals surface area contributed by atoms with Crippen molar-refractivity contribution in [2.75, 3.05) is 26.3 Å². The van der Waals surface area contributed by atoms with E-state index in [1.165, 1.54) is 4.90 Å². The van der Waals surface area contributed by atoms with Gasteiger partial charge in [-0.2, -0.15) is 0 Å². The molecule has 132 valence electrons. The summed E-state index contributed by atoms with van der Waals surface area (Å²) in [5.74, 6) is -0.0525. The highest BCUT2D eigenvalue weighted by atomic mass is 19.3. The average Bonchev–Trinajstić information content (AvgIpc) is 2.56. The summed E-state index contributed by atoms with van der Waals surface area (Å²) < 4.78 is 30.7. The predicted molar refractivity (Wildman–Crippen MR) is 84.1 cm³/mol. The van der Waals surface area contributed by atoms with Crippen LogP contribution in [0.2, 0.25) is 0 Å². The van der Waals surface area contributed by atoms with Crippen LogP contribution < -0.4 is 5.32 Å². The zero-order valence-corrected chi connectivity index (χ0v) is 13.4. The highest BCUT2D eigenvalue weighted by Gasteiger charge is 2.33. The van der Waals surface area contributed by atoms with Crippen molar-refractivity contribution < 1.29 is 23.4 Å². The summed E-state index contributed by atoms with van der Waals surface area (Å²) in [5.41, 5.74) is 1.77. The van der Waals surface area contributed by atoms with Crippen molar-refractivity contribution in [2.45, 2.75) is 37.8 Å². The lowest BCUT2D eigenvalue weighted by atomic mass is 9.87. The Kier molecular flexibility index (Phi) is 5.30. The number of amides is 1. The fourth-order valence-electron chi connectivity index (χ4n) is 3.52. The number of nitrogens with zero attached hydrogens (tertiary/aromatic N) is 1. The Morgan fingerprint density at radius 3 is 3.08 bits per heavy atom. The SMILES string of the molecule is O=C(NC1CCCc2c(O)cccc21)C1COCCN1CC(F)F. The molecule has 2 N–H and O–H groups in total. The van der Waals surface area contributed by atoms with Gasteiger partial charge in [-0.25, -0.2) is 8.78 Å². The average molecular weight is 340 g/mol. The minimum absolute atomic E-state index is 0.123. The Balaban J connectivity index is 1.72. The maximum absolute atomic E-state index is 12.7. The highest BCUT2D eigenvalue weighted by molar-refractivity contribution is 5.82. The molecule has 2 unspecified atom stereocenters. The molecule has 0 saturated carbocycles.